The summed E-state index contributed by atoms with van der Waals surface area (Å²) in [6.45, 7) is 0. The van der Waals surface area contributed by atoms with Crippen molar-refractivity contribution in [2.75, 3.05) is 7.05 Å². The van der Waals surface area contributed by atoms with E-state index in [4.69, 9.17) is 4.74 Å². The topological polar surface area (TPSA) is 79.9 Å². The first-order valence-electron chi connectivity index (χ1n) is 8.04. The summed E-state index contributed by atoms with van der Waals surface area (Å²) in [6.07, 6.45) is 3.35. The van der Waals surface area contributed by atoms with Crippen LogP contribution in [0.25, 0.3) is 11.0 Å². The van der Waals surface area contributed by atoms with Crippen molar-refractivity contribution in [3.8, 4) is 17.7 Å². The second-order valence-corrected chi connectivity index (χ2v) is 5.95. The van der Waals surface area contributed by atoms with Gasteiger partial charge in [0.2, 0.25) is 11.8 Å². The summed E-state index contributed by atoms with van der Waals surface area (Å²) < 4.78 is 32.4. The highest BCUT2D eigenvalue weighted by Crippen LogP contribution is 2.35. The van der Waals surface area contributed by atoms with Crippen LogP contribution < -0.4 is 10.1 Å². The maximum atomic E-state index is 13.3. The molecule has 25 heavy (non-hydrogen) atoms. The van der Waals surface area contributed by atoms with E-state index in [2.05, 4.69) is 32.1 Å². The van der Waals surface area contributed by atoms with Gasteiger partial charge in [-0.2, -0.15) is 0 Å². The molecule has 0 radical (unpaired) electrons. The number of fused-ring (bicyclic) bond motifs is 1. The third kappa shape index (κ3) is 4.05. The first-order chi connectivity index (χ1) is 12.0. The Labute approximate surface area is 143 Å². The largest absolute Gasteiger partial charge is 0.474 e. The van der Waals surface area contributed by atoms with Crippen molar-refractivity contribution in [2.45, 2.75) is 44.1 Å². The van der Waals surface area contributed by atoms with Gasteiger partial charge in [0, 0.05) is 32.5 Å². The predicted molar refractivity (Wildman–Crippen MR) is 87.3 cm³/mol. The van der Waals surface area contributed by atoms with Crippen molar-refractivity contribution in [3.05, 3.63) is 18.1 Å². The zero-order chi connectivity index (χ0) is 17.9. The van der Waals surface area contributed by atoms with E-state index in [1.807, 2.05) is 0 Å². The number of ether oxygens (including phenoxy) is 1. The molecule has 0 bridgehead atoms. The number of amides is 1. The van der Waals surface area contributed by atoms with E-state index in [1.54, 1.807) is 6.20 Å². The van der Waals surface area contributed by atoms with Crippen LogP contribution in [-0.2, 0) is 11.2 Å². The van der Waals surface area contributed by atoms with E-state index in [0.29, 0.717) is 23.3 Å². The van der Waals surface area contributed by atoms with Crippen molar-refractivity contribution in [3.63, 3.8) is 0 Å². The Balaban J connectivity index is 1.79. The minimum absolute atomic E-state index is 0.177. The maximum Gasteiger partial charge on any atom is 0.295 e. The van der Waals surface area contributed by atoms with Gasteiger partial charge in [0.1, 0.15) is 18.1 Å². The monoisotopic (exact) mass is 348 g/mol. The van der Waals surface area contributed by atoms with Gasteiger partial charge >= 0.3 is 0 Å². The average Bonchev–Trinajstić information content (AvgIpc) is 3.01. The third-order valence-electron chi connectivity index (χ3n) is 4.17. The van der Waals surface area contributed by atoms with E-state index in [9.17, 15) is 13.6 Å². The van der Waals surface area contributed by atoms with Crippen LogP contribution in [0.5, 0.6) is 5.88 Å². The molecule has 1 amide bonds. The van der Waals surface area contributed by atoms with Crippen LogP contribution in [0.1, 0.15) is 31.2 Å². The van der Waals surface area contributed by atoms with Gasteiger partial charge in [0.15, 0.2) is 0 Å². The number of nitrogens with zero attached hydrogens (tertiary/aromatic N) is 2. The van der Waals surface area contributed by atoms with E-state index < -0.39 is 5.92 Å². The summed E-state index contributed by atoms with van der Waals surface area (Å²) in [7, 11) is 1.51. The van der Waals surface area contributed by atoms with Crippen LogP contribution in [-0.4, -0.2) is 39.9 Å². The highest BCUT2D eigenvalue weighted by Gasteiger charge is 2.36. The van der Waals surface area contributed by atoms with Crippen LogP contribution in [0.15, 0.2) is 12.5 Å². The van der Waals surface area contributed by atoms with Crippen LogP contribution in [0, 0.1) is 11.8 Å². The van der Waals surface area contributed by atoms with E-state index >= 15 is 0 Å². The second-order valence-electron chi connectivity index (χ2n) is 5.95. The van der Waals surface area contributed by atoms with Gasteiger partial charge in [0.25, 0.3) is 5.91 Å². The number of hydrogen-bond acceptors (Lipinski definition) is 4. The number of carbonyl (C=O) groups is 1. The fourth-order valence-electron chi connectivity index (χ4n) is 2.80. The lowest BCUT2D eigenvalue weighted by atomic mass is 9.94. The lowest BCUT2D eigenvalue weighted by molar-refractivity contribution is -0.115. The first-order valence-corrected chi connectivity index (χ1v) is 8.04. The molecule has 0 aromatic carbocycles. The Kier molecular flexibility index (Phi) is 4.83. The van der Waals surface area contributed by atoms with E-state index in [1.165, 1.54) is 13.4 Å². The fourth-order valence-corrected chi connectivity index (χ4v) is 2.80. The third-order valence-corrected chi connectivity index (χ3v) is 4.17. The fraction of sp³-hybridized carbons (Fsp3) is 0.471. The number of H-pyrrole nitrogens is 1. The van der Waals surface area contributed by atoms with Gasteiger partial charge in [-0.05, 0) is 24.3 Å². The Morgan fingerprint density at radius 1 is 1.44 bits per heavy atom. The van der Waals surface area contributed by atoms with Crippen LogP contribution in [0.3, 0.4) is 0 Å². The van der Waals surface area contributed by atoms with Gasteiger partial charge in [-0.15, -0.1) is 0 Å². The molecular weight excluding hydrogens is 330 g/mol. The minimum Gasteiger partial charge on any atom is -0.474 e. The molecule has 2 N–H and O–H groups in total. The van der Waals surface area contributed by atoms with Gasteiger partial charge in [-0.3, -0.25) is 4.79 Å². The van der Waals surface area contributed by atoms with Crippen molar-refractivity contribution in [1.29, 1.82) is 0 Å². The molecule has 1 aliphatic carbocycles. The smallest absolute Gasteiger partial charge is 0.295 e. The summed E-state index contributed by atoms with van der Waals surface area (Å²) >= 11 is 0. The number of carbonyl (C=O) groups excluding carboxylic acids is 1. The Morgan fingerprint density at radius 2 is 2.20 bits per heavy atom. The maximum absolute atomic E-state index is 13.3. The molecule has 2 heterocycles. The van der Waals surface area contributed by atoms with Crippen molar-refractivity contribution < 1.29 is 18.3 Å². The molecule has 1 saturated carbocycles. The summed E-state index contributed by atoms with van der Waals surface area (Å²) in [6, 6.07) is 0. The van der Waals surface area contributed by atoms with Crippen LogP contribution in [0.2, 0.25) is 0 Å². The molecule has 2 aromatic rings. The number of nitrogens with one attached hydrogen (secondary N) is 2. The Morgan fingerprint density at radius 3 is 2.92 bits per heavy atom. The van der Waals surface area contributed by atoms with Crippen molar-refractivity contribution in [1.82, 2.24) is 20.3 Å². The predicted octanol–water partition coefficient (Wildman–Crippen LogP) is 2.21. The number of alkyl halides is 2. The highest BCUT2D eigenvalue weighted by molar-refractivity contribution is 5.93. The quantitative estimate of drug-likeness (QED) is 0.834. The highest BCUT2D eigenvalue weighted by atomic mass is 19.3. The lowest BCUT2D eigenvalue weighted by Crippen LogP contribution is -2.31. The molecule has 0 spiro atoms. The zero-order valence-corrected chi connectivity index (χ0v) is 13.7. The lowest BCUT2D eigenvalue weighted by Gasteiger charge is -2.28. The number of aromatic amines is 1. The standard InChI is InChI=1S/C17H18F2N4O2/c1-20-13(24)4-2-3-11-9-21-15-14(11)16(23-10-22-15)25-12-5-7-17(18,19)8-6-12/h9-10,12H,3,5-8H2,1H3,(H,20,24)(H,21,22,23). The molecule has 132 valence electrons. The molecule has 1 fully saturated rings. The van der Waals surface area contributed by atoms with Gasteiger partial charge in [-0.25, -0.2) is 18.7 Å². The summed E-state index contributed by atoms with van der Waals surface area (Å²) in [4.78, 5) is 22.5. The summed E-state index contributed by atoms with van der Waals surface area (Å²) in [5.41, 5.74) is 1.38. The Hall–Kier alpha value is -2.69. The number of rotatable bonds is 3. The second kappa shape index (κ2) is 7.05. The number of hydrogen-bond donors (Lipinski definition) is 2. The molecule has 8 heteroatoms. The molecule has 1 aliphatic rings. The SMILES string of the molecule is CNC(=O)C#CCc1c[nH]c2ncnc(OC3CCC(F)(F)CC3)c12. The minimum atomic E-state index is -2.60. The average molecular weight is 348 g/mol. The van der Waals surface area contributed by atoms with E-state index in [0.717, 1.165) is 5.56 Å². The first kappa shape index (κ1) is 17.1. The molecule has 2 aromatic heterocycles. The van der Waals surface area contributed by atoms with Crippen LogP contribution >= 0.6 is 0 Å². The number of aromatic nitrogens is 3. The van der Waals surface area contributed by atoms with Crippen molar-refractivity contribution >= 4 is 16.9 Å². The molecular formula is C17H18F2N4O2. The van der Waals surface area contributed by atoms with E-state index in [-0.39, 0.29) is 37.7 Å². The van der Waals surface area contributed by atoms with Crippen LogP contribution in [0.4, 0.5) is 8.78 Å². The molecule has 0 unspecified atom stereocenters. The number of halogens is 2. The molecule has 0 saturated heterocycles. The molecule has 3 rings (SSSR count). The molecule has 0 atom stereocenters. The summed E-state index contributed by atoms with van der Waals surface area (Å²) in [5, 5.41) is 3.10. The zero-order valence-electron chi connectivity index (χ0n) is 13.7. The van der Waals surface area contributed by atoms with Gasteiger partial charge in [0.05, 0.1) is 5.39 Å². The summed E-state index contributed by atoms with van der Waals surface area (Å²) in [5.74, 6) is 2.64. The molecule has 6 nitrogen and oxygen atoms in total. The van der Waals surface area contributed by atoms with Crippen molar-refractivity contribution in [2.24, 2.45) is 0 Å². The van der Waals surface area contributed by atoms with Gasteiger partial charge in [-0.1, -0.05) is 5.92 Å². The Bertz CT molecular complexity index is 828. The normalized spacial score (nSPS) is 16.9. The molecule has 0 aliphatic heterocycles. The van der Waals surface area contributed by atoms with Gasteiger partial charge < -0.3 is 15.0 Å².